The van der Waals surface area contributed by atoms with Crippen molar-refractivity contribution < 1.29 is 19.0 Å². The second-order valence-corrected chi connectivity index (χ2v) is 12.7. The van der Waals surface area contributed by atoms with E-state index in [-0.39, 0.29) is 30.3 Å². The third-order valence-corrected chi connectivity index (χ3v) is 9.56. The van der Waals surface area contributed by atoms with Crippen molar-refractivity contribution in [3.63, 3.8) is 0 Å². The number of nitrogens with zero attached hydrogens (tertiary/aromatic N) is 4. The average Bonchev–Trinajstić information content (AvgIpc) is 3.27. The van der Waals surface area contributed by atoms with Crippen molar-refractivity contribution >= 4 is 39.7 Å². The minimum atomic E-state index is -0.639. The molecule has 0 bridgehead atoms. The van der Waals surface area contributed by atoms with Gasteiger partial charge in [0.05, 0.1) is 23.0 Å². The summed E-state index contributed by atoms with van der Waals surface area (Å²) >= 11 is 0. The first-order valence-electron chi connectivity index (χ1n) is 15.1. The molecule has 224 valence electrons. The molecular weight excluding hydrogens is 556 g/mol. The van der Waals surface area contributed by atoms with Gasteiger partial charge in [0.1, 0.15) is 36.3 Å². The summed E-state index contributed by atoms with van der Waals surface area (Å²) in [5.41, 5.74) is 10.0. The molecule has 0 radical (unpaired) electrons. The van der Waals surface area contributed by atoms with Gasteiger partial charge in [-0.3, -0.25) is 5.32 Å². The highest BCUT2D eigenvalue weighted by molar-refractivity contribution is 5.87. The van der Waals surface area contributed by atoms with Crippen molar-refractivity contribution in [1.82, 2.24) is 19.5 Å². The summed E-state index contributed by atoms with van der Waals surface area (Å²) in [7, 11) is 0. The summed E-state index contributed by atoms with van der Waals surface area (Å²) in [6, 6.07) is 21.8. The number of hydrogen-bond acceptors (Lipinski definition) is 8. The number of hydrogen-bond donors (Lipinski definition) is 2. The maximum absolute atomic E-state index is 12.3. The largest absolute Gasteiger partial charge is 0.444 e. The zero-order chi connectivity index (χ0) is 30.1. The monoisotopic (exact) mass is 590 g/mol. The fourth-order valence-electron chi connectivity index (χ4n) is 7.50. The van der Waals surface area contributed by atoms with Gasteiger partial charge in [-0.05, 0) is 80.5 Å². The van der Waals surface area contributed by atoms with E-state index in [9.17, 15) is 4.79 Å². The molecule has 2 saturated carbocycles. The predicted octanol–water partition coefficient (Wildman–Crippen LogP) is 6.02. The second kappa shape index (κ2) is 10.0. The lowest BCUT2D eigenvalue weighted by Crippen LogP contribution is -2.32. The normalized spacial score (nSPS) is 26.4. The Hall–Kier alpha value is -4.54. The number of nitrogens with two attached hydrogens (primary N) is 1. The summed E-state index contributed by atoms with van der Waals surface area (Å²) < 4.78 is 20.7. The van der Waals surface area contributed by atoms with Crippen molar-refractivity contribution in [3.8, 4) is 0 Å². The van der Waals surface area contributed by atoms with Gasteiger partial charge < -0.3 is 24.5 Å². The van der Waals surface area contributed by atoms with Crippen LogP contribution in [0.5, 0.6) is 0 Å². The van der Waals surface area contributed by atoms with Crippen molar-refractivity contribution in [2.24, 2.45) is 11.3 Å². The standard InChI is InChI=1S/C34H34N6O4/c1-33(2)43-28-27(40-15-13-23-30(35)36-19-37-31(23)40)24-17-34(24,29(28)44-33)14-12-20-8-10-25-22(16-20)9-11-26(38-25)39-32(41)42-18-21-6-4-3-5-7-21/h3-11,13,15-16,19,24,27-29H,12,14,17-18H2,1-2H3,(H2,35,36,37)(H,38,39,41)/t24-,27-,28+,29+,34-/m1/s1. The van der Waals surface area contributed by atoms with Gasteiger partial charge in [0.2, 0.25) is 0 Å². The number of rotatable bonds is 7. The lowest BCUT2D eigenvalue weighted by Gasteiger charge is -2.24. The molecule has 10 heteroatoms. The highest BCUT2D eigenvalue weighted by Gasteiger charge is 2.75. The van der Waals surface area contributed by atoms with E-state index in [2.05, 4.69) is 43.2 Å². The van der Waals surface area contributed by atoms with Gasteiger partial charge >= 0.3 is 6.09 Å². The van der Waals surface area contributed by atoms with E-state index in [0.717, 1.165) is 46.8 Å². The van der Waals surface area contributed by atoms with E-state index in [0.29, 0.717) is 17.6 Å². The number of aromatic nitrogens is 4. The molecule has 3 aromatic heterocycles. The number of aryl methyl sites for hydroxylation is 1. The molecule has 3 fully saturated rings. The van der Waals surface area contributed by atoms with Gasteiger partial charge in [-0.25, -0.2) is 19.7 Å². The van der Waals surface area contributed by atoms with Crippen LogP contribution in [0.2, 0.25) is 0 Å². The molecule has 2 aliphatic carbocycles. The Labute approximate surface area is 254 Å². The van der Waals surface area contributed by atoms with Gasteiger partial charge in [0.25, 0.3) is 0 Å². The van der Waals surface area contributed by atoms with Crippen LogP contribution in [-0.2, 0) is 27.2 Å². The minimum absolute atomic E-state index is 0.0153. The first-order valence-corrected chi connectivity index (χ1v) is 15.1. The smallest absolute Gasteiger partial charge is 0.413 e. The summed E-state index contributed by atoms with van der Waals surface area (Å²) in [5, 5.41) is 4.63. The van der Waals surface area contributed by atoms with Crippen molar-refractivity contribution in [2.75, 3.05) is 11.1 Å². The van der Waals surface area contributed by atoms with Crippen molar-refractivity contribution in [1.29, 1.82) is 0 Å². The van der Waals surface area contributed by atoms with Crippen LogP contribution >= 0.6 is 0 Å². The molecule has 44 heavy (non-hydrogen) atoms. The Morgan fingerprint density at radius 3 is 2.80 bits per heavy atom. The third kappa shape index (κ3) is 4.56. The number of pyridine rings is 1. The SMILES string of the molecule is CC1(C)O[C@H]2[C@H](n3ccc4c(N)ncnc43)[C@H]3C[C@@]3(CCc3ccc4nc(NC(=O)OCc5ccccc5)ccc4c3)[C@H]2O1. The fourth-order valence-corrected chi connectivity index (χ4v) is 7.50. The lowest BCUT2D eigenvalue weighted by atomic mass is 9.91. The molecule has 1 aliphatic heterocycles. The molecule has 0 unspecified atom stereocenters. The predicted molar refractivity (Wildman–Crippen MR) is 166 cm³/mol. The van der Waals surface area contributed by atoms with Gasteiger partial charge in [-0.2, -0.15) is 0 Å². The molecule has 3 aliphatic rings. The van der Waals surface area contributed by atoms with Crippen LogP contribution in [0, 0.1) is 11.3 Å². The number of benzene rings is 2. The zero-order valence-electron chi connectivity index (χ0n) is 24.6. The molecule has 3 N–H and O–H groups in total. The number of nitrogens with one attached hydrogen (secondary N) is 1. The Kier molecular flexibility index (Phi) is 6.15. The molecule has 8 rings (SSSR count). The van der Waals surface area contributed by atoms with E-state index in [1.54, 1.807) is 6.07 Å². The third-order valence-electron chi connectivity index (χ3n) is 9.56. The van der Waals surface area contributed by atoms with E-state index < -0.39 is 11.9 Å². The van der Waals surface area contributed by atoms with Crippen LogP contribution in [0.25, 0.3) is 21.9 Å². The molecular formula is C34H34N6O4. The fraction of sp³-hybridized carbons (Fsp3) is 0.353. The first-order chi connectivity index (χ1) is 21.3. The van der Waals surface area contributed by atoms with E-state index in [4.69, 9.17) is 19.9 Å². The summed E-state index contributed by atoms with van der Waals surface area (Å²) in [6.07, 6.45) is 6.03. The molecule has 10 nitrogen and oxygen atoms in total. The summed E-state index contributed by atoms with van der Waals surface area (Å²) in [6.45, 7) is 4.21. The summed E-state index contributed by atoms with van der Waals surface area (Å²) in [5.74, 6) is 0.736. The van der Waals surface area contributed by atoms with E-state index in [1.165, 1.54) is 11.9 Å². The lowest BCUT2D eigenvalue weighted by molar-refractivity contribution is -0.161. The maximum atomic E-state index is 12.3. The second-order valence-electron chi connectivity index (χ2n) is 12.7. The molecule has 0 spiro atoms. The molecule has 5 atom stereocenters. The first kappa shape index (κ1) is 27.0. The number of amides is 1. The highest BCUT2D eigenvalue weighted by Crippen LogP contribution is 2.73. The van der Waals surface area contributed by atoms with Crippen LogP contribution in [0.1, 0.15) is 43.9 Å². The Morgan fingerprint density at radius 1 is 1.07 bits per heavy atom. The number of ether oxygens (including phenoxy) is 3. The molecule has 5 aromatic rings. The van der Waals surface area contributed by atoms with Crippen LogP contribution in [-0.4, -0.2) is 43.6 Å². The molecule has 1 saturated heterocycles. The van der Waals surface area contributed by atoms with Crippen LogP contribution in [0.3, 0.4) is 0 Å². The van der Waals surface area contributed by atoms with Gasteiger partial charge in [-0.15, -0.1) is 0 Å². The number of carbonyl (C=O) groups excluding carboxylic acids is 1. The van der Waals surface area contributed by atoms with Gasteiger partial charge in [0.15, 0.2) is 5.79 Å². The Morgan fingerprint density at radius 2 is 1.93 bits per heavy atom. The number of carbonyl (C=O) groups is 1. The molecule has 2 aromatic carbocycles. The maximum Gasteiger partial charge on any atom is 0.413 e. The van der Waals surface area contributed by atoms with E-state index >= 15 is 0 Å². The van der Waals surface area contributed by atoms with Crippen molar-refractivity contribution in [2.45, 2.75) is 63.8 Å². The van der Waals surface area contributed by atoms with E-state index in [1.807, 2.05) is 62.4 Å². The van der Waals surface area contributed by atoms with Crippen LogP contribution in [0.15, 0.2) is 79.3 Å². The molecule has 4 heterocycles. The van der Waals surface area contributed by atoms with Gasteiger partial charge in [-0.1, -0.05) is 36.4 Å². The van der Waals surface area contributed by atoms with Crippen LogP contribution in [0.4, 0.5) is 16.4 Å². The zero-order valence-corrected chi connectivity index (χ0v) is 24.6. The topological polar surface area (TPSA) is 126 Å². The Bertz CT molecular complexity index is 1890. The Balaban J connectivity index is 0.973. The van der Waals surface area contributed by atoms with Gasteiger partial charge in [0, 0.05) is 17.0 Å². The van der Waals surface area contributed by atoms with Crippen LogP contribution < -0.4 is 11.1 Å². The summed E-state index contributed by atoms with van der Waals surface area (Å²) in [4.78, 5) is 25.7. The van der Waals surface area contributed by atoms with Crippen molar-refractivity contribution in [3.05, 3.63) is 90.4 Å². The highest BCUT2D eigenvalue weighted by atomic mass is 16.8. The number of fused-ring (bicyclic) bond motifs is 5. The average molecular weight is 591 g/mol. The number of anilines is 2. The number of nitrogen functional groups attached to an aromatic ring is 1. The molecule has 1 amide bonds. The minimum Gasteiger partial charge on any atom is -0.444 e. The quantitative estimate of drug-likeness (QED) is 0.236.